The topological polar surface area (TPSA) is 76.7 Å². The molecule has 2 aliphatic heterocycles. The number of nitrogens with one attached hydrogen (secondary N) is 1. The number of H-pyrrole nitrogens is 1. The van der Waals surface area contributed by atoms with Gasteiger partial charge in [0.15, 0.2) is 0 Å². The number of hydrogen-bond acceptors (Lipinski definition) is 5. The van der Waals surface area contributed by atoms with Gasteiger partial charge in [0.25, 0.3) is 0 Å². The van der Waals surface area contributed by atoms with Crippen molar-refractivity contribution in [3.63, 3.8) is 0 Å². The Morgan fingerprint density at radius 1 is 1.06 bits per heavy atom. The van der Waals surface area contributed by atoms with Crippen molar-refractivity contribution < 1.29 is 18.8 Å². The Bertz CT molecular complexity index is 1070. The smallest absolute Gasteiger partial charge is 0.444 e. The van der Waals surface area contributed by atoms with E-state index >= 15 is 0 Å². The van der Waals surface area contributed by atoms with Gasteiger partial charge < -0.3 is 19.0 Å². The van der Waals surface area contributed by atoms with Gasteiger partial charge in [-0.3, -0.25) is 4.90 Å². The maximum absolute atomic E-state index is 13.2. The number of likely N-dealkylation sites (tertiary alicyclic amines) is 1. The lowest BCUT2D eigenvalue weighted by atomic mass is 9.71. The first-order valence-electron chi connectivity index (χ1n) is 12.9. The molecule has 3 aliphatic rings. The van der Waals surface area contributed by atoms with Crippen molar-refractivity contribution in [1.29, 1.82) is 0 Å². The van der Waals surface area contributed by atoms with Gasteiger partial charge in [-0.05, 0) is 91.1 Å². The quantitative estimate of drug-likeness (QED) is 0.611. The second kappa shape index (κ2) is 8.37. The molecule has 5 rings (SSSR count). The minimum absolute atomic E-state index is 0.0934. The minimum Gasteiger partial charge on any atom is -0.444 e. The Kier molecular flexibility index (Phi) is 5.83. The number of carbonyl (C=O) groups excluding carboxylic acids is 1. The summed E-state index contributed by atoms with van der Waals surface area (Å²) in [5.41, 5.74) is 1.70. The Balaban J connectivity index is 1.34. The molecule has 188 valence electrons. The summed E-state index contributed by atoms with van der Waals surface area (Å²) in [6.07, 6.45) is 5.87. The third-order valence-electron chi connectivity index (χ3n) is 8.14. The van der Waals surface area contributed by atoms with Crippen LogP contribution in [0.25, 0.3) is 11.3 Å². The van der Waals surface area contributed by atoms with Gasteiger partial charge in [0, 0.05) is 6.04 Å². The van der Waals surface area contributed by atoms with Gasteiger partial charge in [0.05, 0.1) is 29.1 Å². The standard InChI is InChI=1S/C27H38BN3O4/c1-25(2,3)33-24(32)31-21-14-10-18(21)11-15-22(31)23-29-16-20(30-23)17-8-12-19(13-9-17)28-34-26(4,5)27(6,7)35-28/h8-9,12-13,16,18,21-22H,10-11,14-15H2,1-7H3,(H,29,30). The lowest BCUT2D eigenvalue weighted by Crippen LogP contribution is -2.55. The van der Waals surface area contributed by atoms with Crippen LogP contribution in [0.5, 0.6) is 0 Å². The van der Waals surface area contributed by atoms with Gasteiger partial charge in [0.1, 0.15) is 11.4 Å². The first kappa shape index (κ1) is 24.4. The molecule has 1 aromatic heterocycles. The molecule has 7 nitrogen and oxygen atoms in total. The predicted molar refractivity (Wildman–Crippen MR) is 136 cm³/mol. The molecule has 2 aromatic rings. The minimum atomic E-state index is -0.522. The van der Waals surface area contributed by atoms with Crippen LogP contribution in [0.4, 0.5) is 4.79 Å². The van der Waals surface area contributed by atoms with Gasteiger partial charge >= 0.3 is 13.2 Å². The summed E-state index contributed by atoms with van der Waals surface area (Å²) in [5, 5.41) is 0. The third kappa shape index (κ3) is 4.51. The first-order valence-corrected chi connectivity index (χ1v) is 12.9. The number of aromatic nitrogens is 2. The molecule has 0 bridgehead atoms. The van der Waals surface area contributed by atoms with Crippen molar-refractivity contribution in [1.82, 2.24) is 14.9 Å². The number of benzene rings is 1. The average Bonchev–Trinajstić information content (AvgIpc) is 3.29. The Morgan fingerprint density at radius 2 is 1.69 bits per heavy atom. The predicted octanol–water partition coefficient (Wildman–Crippen LogP) is 5.23. The number of carbonyl (C=O) groups is 1. The summed E-state index contributed by atoms with van der Waals surface area (Å²) in [4.78, 5) is 23.3. The van der Waals surface area contributed by atoms with Crippen molar-refractivity contribution in [3.8, 4) is 11.3 Å². The lowest BCUT2D eigenvalue weighted by molar-refractivity contribution is -0.0471. The second-order valence-corrected chi connectivity index (χ2v) is 12.3. The molecule has 1 aromatic carbocycles. The maximum Gasteiger partial charge on any atom is 0.494 e. The number of piperidine rings is 1. The average molecular weight is 479 g/mol. The van der Waals surface area contributed by atoms with Gasteiger partial charge in [-0.15, -0.1) is 0 Å². The highest BCUT2D eigenvalue weighted by Crippen LogP contribution is 2.46. The van der Waals surface area contributed by atoms with Crippen LogP contribution in [0.3, 0.4) is 0 Å². The largest absolute Gasteiger partial charge is 0.494 e. The molecule has 8 heteroatoms. The lowest BCUT2D eigenvalue weighted by Gasteiger charge is -2.51. The monoisotopic (exact) mass is 479 g/mol. The summed E-state index contributed by atoms with van der Waals surface area (Å²) >= 11 is 0. The number of hydrogen-bond donors (Lipinski definition) is 1. The fourth-order valence-electron chi connectivity index (χ4n) is 5.29. The van der Waals surface area contributed by atoms with Crippen LogP contribution >= 0.6 is 0 Å². The van der Waals surface area contributed by atoms with E-state index in [1.54, 1.807) is 0 Å². The van der Waals surface area contributed by atoms with Crippen LogP contribution in [-0.2, 0) is 14.0 Å². The summed E-state index contributed by atoms with van der Waals surface area (Å²) in [6.45, 7) is 14.0. The number of ether oxygens (including phenoxy) is 1. The highest BCUT2D eigenvalue weighted by atomic mass is 16.7. The zero-order valence-electron chi connectivity index (χ0n) is 22.1. The fraction of sp³-hybridized carbons (Fsp3) is 0.630. The molecule has 3 fully saturated rings. The molecule has 2 saturated heterocycles. The SMILES string of the molecule is CC(C)(C)OC(=O)N1C(c2ncc(-c3ccc(B4OC(C)(C)C(C)(C)O4)cc3)[nH]2)CCC2CCC21. The van der Waals surface area contributed by atoms with E-state index in [4.69, 9.17) is 19.0 Å². The number of nitrogens with zero attached hydrogens (tertiary/aromatic N) is 2. The van der Waals surface area contributed by atoms with Crippen LogP contribution in [0.2, 0.25) is 0 Å². The highest BCUT2D eigenvalue weighted by molar-refractivity contribution is 6.62. The van der Waals surface area contributed by atoms with Crippen LogP contribution in [0.15, 0.2) is 30.5 Å². The molecule has 1 amide bonds. The summed E-state index contributed by atoms with van der Waals surface area (Å²) in [5.74, 6) is 1.40. The molecular formula is C27H38BN3O4. The van der Waals surface area contributed by atoms with E-state index in [0.717, 1.165) is 41.8 Å². The van der Waals surface area contributed by atoms with E-state index in [0.29, 0.717) is 5.92 Å². The Labute approximate surface area is 209 Å². The van der Waals surface area contributed by atoms with Crippen molar-refractivity contribution in [2.45, 2.75) is 103 Å². The molecule has 1 N–H and O–H groups in total. The number of amides is 1. The summed E-state index contributed by atoms with van der Waals surface area (Å²) in [6, 6.07) is 8.37. The van der Waals surface area contributed by atoms with Crippen molar-refractivity contribution in [2.24, 2.45) is 5.92 Å². The van der Waals surface area contributed by atoms with Crippen LogP contribution < -0.4 is 5.46 Å². The molecule has 0 spiro atoms. The first-order chi connectivity index (χ1) is 16.3. The normalized spacial score (nSPS) is 27.3. The number of fused-ring (bicyclic) bond motifs is 1. The van der Waals surface area contributed by atoms with Crippen molar-refractivity contribution in [2.75, 3.05) is 0 Å². The van der Waals surface area contributed by atoms with E-state index in [-0.39, 0.29) is 36.5 Å². The second-order valence-electron chi connectivity index (χ2n) is 12.3. The molecule has 3 unspecified atom stereocenters. The molecule has 3 atom stereocenters. The van der Waals surface area contributed by atoms with E-state index in [1.165, 1.54) is 6.42 Å². The van der Waals surface area contributed by atoms with Gasteiger partial charge in [-0.1, -0.05) is 24.3 Å². The van der Waals surface area contributed by atoms with E-state index in [9.17, 15) is 4.79 Å². The molecule has 0 radical (unpaired) electrons. The third-order valence-corrected chi connectivity index (χ3v) is 8.14. The van der Waals surface area contributed by atoms with Gasteiger partial charge in [-0.25, -0.2) is 9.78 Å². The van der Waals surface area contributed by atoms with E-state index in [1.807, 2.05) is 44.0 Å². The number of aromatic amines is 1. The molecular weight excluding hydrogens is 441 g/mol. The van der Waals surface area contributed by atoms with Gasteiger partial charge in [-0.2, -0.15) is 0 Å². The van der Waals surface area contributed by atoms with E-state index in [2.05, 4.69) is 44.8 Å². The van der Waals surface area contributed by atoms with Crippen LogP contribution in [-0.4, -0.2) is 50.9 Å². The zero-order valence-corrected chi connectivity index (χ0v) is 22.1. The summed E-state index contributed by atoms with van der Waals surface area (Å²) < 4.78 is 18.1. The molecule has 35 heavy (non-hydrogen) atoms. The molecule has 1 aliphatic carbocycles. The molecule has 1 saturated carbocycles. The Hall–Kier alpha value is -2.32. The maximum atomic E-state index is 13.2. The van der Waals surface area contributed by atoms with Crippen LogP contribution in [0.1, 0.15) is 86.0 Å². The highest BCUT2D eigenvalue weighted by Gasteiger charge is 2.51. The number of rotatable bonds is 3. The zero-order chi connectivity index (χ0) is 25.2. The fourth-order valence-corrected chi connectivity index (χ4v) is 5.29. The van der Waals surface area contributed by atoms with Crippen molar-refractivity contribution in [3.05, 3.63) is 36.3 Å². The summed E-state index contributed by atoms with van der Waals surface area (Å²) in [7, 11) is -0.383. The Morgan fingerprint density at radius 3 is 2.26 bits per heavy atom. The number of imidazole rings is 1. The van der Waals surface area contributed by atoms with Gasteiger partial charge in [0.2, 0.25) is 0 Å². The van der Waals surface area contributed by atoms with Crippen molar-refractivity contribution >= 4 is 18.7 Å². The van der Waals surface area contributed by atoms with Crippen LogP contribution in [0, 0.1) is 5.92 Å². The molecule has 3 heterocycles. The van der Waals surface area contributed by atoms with E-state index < -0.39 is 5.60 Å².